The minimum absolute atomic E-state index is 0.0129. The molecule has 25 heavy (non-hydrogen) atoms. The smallest absolute Gasteiger partial charge is 0.272 e. The molecule has 1 aliphatic rings. The highest BCUT2D eigenvalue weighted by atomic mass is 35.5. The molecule has 1 aliphatic heterocycles. The lowest BCUT2D eigenvalue weighted by atomic mass is 10.2. The van der Waals surface area contributed by atoms with Gasteiger partial charge in [0, 0.05) is 38.2 Å². The Morgan fingerprint density at radius 2 is 1.92 bits per heavy atom. The Balaban J connectivity index is 1.47. The van der Waals surface area contributed by atoms with Crippen LogP contribution in [0.15, 0.2) is 36.9 Å². The number of imidazole rings is 1. The molecule has 3 aromatic rings. The van der Waals surface area contributed by atoms with Crippen molar-refractivity contribution >= 4 is 34.4 Å². The highest BCUT2D eigenvalue weighted by molar-refractivity contribution is 6.31. The third-order valence-corrected chi connectivity index (χ3v) is 4.65. The van der Waals surface area contributed by atoms with Crippen LogP contribution >= 0.6 is 11.6 Å². The van der Waals surface area contributed by atoms with Gasteiger partial charge >= 0.3 is 0 Å². The standard InChI is InChI=1S/C17H17ClN6O/c1-22-11-19-9-15(22)17(25)24-6-4-23(5-7-24)16-10-20-14-8-12(18)2-3-13(14)21-16/h2-3,8-11H,4-7H2,1H3. The van der Waals surface area contributed by atoms with Crippen LogP contribution in [0, 0.1) is 0 Å². The monoisotopic (exact) mass is 356 g/mol. The molecule has 4 rings (SSSR count). The molecule has 2 aromatic heterocycles. The van der Waals surface area contributed by atoms with E-state index in [0.29, 0.717) is 23.8 Å². The minimum atomic E-state index is 0.0129. The number of benzene rings is 1. The Morgan fingerprint density at radius 1 is 1.12 bits per heavy atom. The van der Waals surface area contributed by atoms with Crippen LogP contribution in [0.2, 0.25) is 5.02 Å². The maximum atomic E-state index is 12.5. The van der Waals surface area contributed by atoms with Crippen LogP contribution in [0.4, 0.5) is 5.82 Å². The first-order valence-corrected chi connectivity index (χ1v) is 8.42. The Hall–Kier alpha value is -2.67. The van der Waals surface area contributed by atoms with Crippen LogP contribution in [-0.4, -0.2) is 56.5 Å². The van der Waals surface area contributed by atoms with Gasteiger partial charge in [0.2, 0.25) is 0 Å². The van der Waals surface area contributed by atoms with Gasteiger partial charge in [0.05, 0.1) is 29.8 Å². The molecule has 128 valence electrons. The quantitative estimate of drug-likeness (QED) is 0.702. The van der Waals surface area contributed by atoms with Crippen molar-refractivity contribution in [1.29, 1.82) is 0 Å². The summed E-state index contributed by atoms with van der Waals surface area (Å²) in [5, 5.41) is 0.650. The second-order valence-corrected chi connectivity index (χ2v) is 6.47. The third-order valence-electron chi connectivity index (χ3n) is 4.42. The third kappa shape index (κ3) is 3.02. The highest BCUT2D eigenvalue weighted by Gasteiger charge is 2.24. The second kappa shape index (κ2) is 6.33. The van der Waals surface area contributed by atoms with Gasteiger partial charge in [-0.25, -0.2) is 9.97 Å². The van der Waals surface area contributed by atoms with Crippen molar-refractivity contribution in [3.63, 3.8) is 0 Å². The lowest BCUT2D eigenvalue weighted by Gasteiger charge is -2.35. The molecule has 0 saturated carbocycles. The molecule has 0 spiro atoms. The normalized spacial score (nSPS) is 15.0. The van der Waals surface area contributed by atoms with Crippen molar-refractivity contribution in [3.8, 4) is 0 Å². The summed E-state index contributed by atoms with van der Waals surface area (Å²) in [5.74, 6) is 0.835. The van der Waals surface area contributed by atoms with Gasteiger partial charge < -0.3 is 14.4 Å². The van der Waals surface area contributed by atoms with Crippen LogP contribution in [-0.2, 0) is 7.05 Å². The van der Waals surface area contributed by atoms with Crippen LogP contribution in [0.3, 0.4) is 0 Å². The van der Waals surface area contributed by atoms with Crippen LogP contribution in [0.5, 0.6) is 0 Å². The van der Waals surface area contributed by atoms with Gasteiger partial charge in [-0.3, -0.25) is 9.78 Å². The molecule has 1 aromatic carbocycles. The fourth-order valence-corrected chi connectivity index (χ4v) is 3.16. The molecule has 1 amide bonds. The van der Waals surface area contributed by atoms with E-state index in [1.165, 1.54) is 0 Å². The summed E-state index contributed by atoms with van der Waals surface area (Å²) in [7, 11) is 1.83. The van der Waals surface area contributed by atoms with E-state index < -0.39 is 0 Å². The number of aromatic nitrogens is 4. The minimum Gasteiger partial charge on any atom is -0.352 e. The van der Waals surface area contributed by atoms with E-state index in [4.69, 9.17) is 11.6 Å². The average molecular weight is 357 g/mol. The molecular weight excluding hydrogens is 340 g/mol. The molecule has 0 aliphatic carbocycles. The van der Waals surface area contributed by atoms with E-state index >= 15 is 0 Å². The average Bonchev–Trinajstić information content (AvgIpc) is 3.07. The molecule has 0 bridgehead atoms. The number of hydrogen-bond donors (Lipinski definition) is 0. The number of amides is 1. The molecular formula is C17H17ClN6O. The van der Waals surface area contributed by atoms with E-state index in [1.807, 2.05) is 24.1 Å². The van der Waals surface area contributed by atoms with Gasteiger partial charge in [-0.1, -0.05) is 11.6 Å². The molecule has 0 N–H and O–H groups in total. The molecule has 0 radical (unpaired) electrons. The predicted octanol–water partition coefficient (Wildman–Crippen LogP) is 1.98. The van der Waals surface area contributed by atoms with E-state index in [-0.39, 0.29) is 5.91 Å². The summed E-state index contributed by atoms with van der Waals surface area (Å²) < 4.78 is 1.74. The first-order chi connectivity index (χ1) is 12.1. The Labute approximate surface area is 149 Å². The zero-order chi connectivity index (χ0) is 17.4. The summed E-state index contributed by atoms with van der Waals surface area (Å²) in [4.78, 5) is 29.7. The van der Waals surface area contributed by atoms with Gasteiger partial charge in [-0.2, -0.15) is 0 Å². The molecule has 7 nitrogen and oxygen atoms in total. The first-order valence-electron chi connectivity index (χ1n) is 8.05. The summed E-state index contributed by atoms with van der Waals surface area (Å²) in [6.45, 7) is 2.73. The maximum absolute atomic E-state index is 12.5. The molecule has 1 fully saturated rings. The molecule has 1 saturated heterocycles. The van der Waals surface area contributed by atoms with Crippen molar-refractivity contribution in [2.45, 2.75) is 0 Å². The number of anilines is 1. The summed E-state index contributed by atoms with van der Waals surface area (Å²) in [5.41, 5.74) is 2.20. The van der Waals surface area contributed by atoms with Crippen LogP contribution in [0.25, 0.3) is 11.0 Å². The largest absolute Gasteiger partial charge is 0.352 e. The topological polar surface area (TPSA) is 67.2 Å². The van der Waals surface area contributed by atoms with E-state index in [1.54, 1.807) is 29.4 Å². The van der Waals surface area contributed by atoms with Crippen molar-refractivity contribution in [3.05, 3.63) is 47.6 Å². The van der Waals surface area contributed by atoms with Gasteiger partial charge in [0.15, 0.2) is 0 Å². The SMILES string of the molecule is Cn1cncc1C(=O)N1CCN(c2cnc3cc(Cl)ccc3n2)CC1. The summed E-state index contributed by atoms with van der Waals surface area (Å²) in [6.07, 6.45) is 5.01. The maximum Gasteiger partial charge on any atom is 0.272 e. The van der Waals surface area contributed by atoms with E-state index in [9.17, 15) is 4.79 Å². The fourth-order valence-electron chi connectivity index (χ4n) is 2.99. The highest BCUT2D eigenvalue weighted by Crippen LogP contribution is 2.20. The summed E-state index contributed by atoms with van der Waals surface area (Å²) >= 11 is 5.98. The van der Waals surface area contributed by atoms with Crippen molar-refractivity contribution in [2.75, 3.05) is 31.1 Å². The second-order valence-electron chi connectivity index (χ2n) is 6.03. The van der Waals surface area contributed by atoms with Crippen LogP contribution < -0.4 is 4.90 Å². The van der Waals surface area contributed by atoms with Gasteiger partial charge in [-0.15, -0.1) is 0 Å². The molecule has 3 heterocycles. The number of hydrogen-bond acceptors (Lipinski definition) is 5. The number of carbonyl (C=O) groups is 1. The summed E-state index contributed by atoms with van der Waals surface area (Å²) in [6, 6.07) is 5.49. The van der Waals surface area contributed by atoms with Crippen molar-refractivity contribution < 1.29 is 4.79 Å². The number of rotatable bonds is 2. The molecule has 0 atom stereocenters. The van der Waals surface area contributed by atoms with Gasteiger partial charge in [-0.05, 0) is 18.2 Å². The zero-order valence-electron chi connectivity index (χ0n) is 13.8. The van der Waals surface area contributed by atoms with Gasteiger partial charge in [0.1, 0.15) is 11.5 Å². The van der Waals surface area contributed by atoms with Gasteiger partial charge in [0.25, 0.3) is 5.91 Å². The number of carbonyl (C=O) groups excluding carboxylic acids is 1. The number of piperazine rings is 1. The number of halogens is 1. The predicted molar refractivity (Wildman–Crippen MR) is 95.9 cm³/mol. The van der Waals surface area contributed by atoms with Crippen LogP contribution in [0.1, 0.15) is 10.5 Å². The first kappa shape index (κ1) is 15.8. The Morgan fingerprint density at radius 3 is 2.64 bits per heavy atom. The number of aryl methyl sites for hydroxylation is 1. The Kier molecular flexibility index (Phi) is 4.01. The fraction of sp³-hybridized carbons (Fsp3) is 0.294. The van der Waals surface area contributed by atoms with E-state index in [0.717, 1.165) is 29.9 Å². The van der Waals surface area contributed by atoms with Crippen molar-refractivity contribution in [2.24, 2.45) is 7.05 Å². The lowest BCUT2D eigenvalue weighted by Crippen LogP contribution is -2.49. The zero-order valence-corrected chi connectivity index (χ0v) is 14.5. The lowest BCUT2D eigenvalue weighted by molar-refractivity contribution is 0.0737. The molecule has 0 unspecified atom stereocenters. The Bertz CT molecular complexity index is 932. The molecule has 8 heteroatoms. The van der Waals surface area contributed by atoms with Crippen molar-refractivity contribution in [1.82, 2.24) is 24.4 Å². The van der Waals surface area contributed by atoms with E-state index in [2.05, 4.69) is 19.9 Å². The number of fused-ring (bicyclic) bond motifs is 1. The number of nitrogens with zero attached hydrogens (tertiary/aromatic N) is 6.